The highest BCUT2D eigenvalue weighted by Gasteiger charge is 2.36. The van der Waals surface area contributed by atoms with Crippen molar-refractivity contribution < 1.29 is 9.72 Å². The average Bonchev–Trinajstić information content (AvgIpc) is 3.10. The fraction of sp³-hybridized carbons (Fsp3) is 0.435. The van der Waals surface area contributed by atoms with Crippen molar-refractivity contribution in [2.24, 2.45) is 11.3 Å². The zero-order chi connectivity index (χ0) is 21.5. The number of thiophene rings is 1. The molecule has 1 aromatic carbocycles. The van der Waals surface area contributed by atoms with Crippen LogP contribution in [0.15, 0.2) is 30.3 Å². The van der Waals surface area contributed by atoms with E-state index in [9.17, 15) is 14.9 Å². The van der Waals surface area contributed by atoms with Gasteiger partial charge in [0.05, 0.1) is 10.5 Å². The van der Waals surface area contributed by atoms with Crippen LogP contribution in [-0.2, 0) is 12.8 Å². The third kappa shape index (κ3) is 3.86. The fourth-order valence-electron chi connectivity index (χ4n) is 4.28. The number of rotatable bonds is 5. The number of amides is 1. The lowest BCUT2D eigenvalue weighted by Crippen LogP contribution is -2.43. The molecule has 2 N–H and O–H groups in total. The van der Waals surface area contributed by atoms with Crippen LogP contribution in [-0.4, -0.2) is 17.0 Å². The maximum absolute atomic E-state index is 12.8. The van der Waals surface area contributed by atoms with Crippen LogP contribution in [0.5, 0.6) is 0 Å². The molecule has 0 saturated carbocycles. The summed E-state index contributed by atoms with van der Waals surface area (Å²) >= 11 is 1.72. The summed E-state index contributed by atoms with van der Waals surface area (Å²) in [7, 11) is 0. The van der Waals surface area contributed by atoms with E-state index in [0.29, 0.717) is 11.3 Å². The van der Waals surface area contributed by atoms with Crippen molar-refractivity contribution in [2.75, 3.05) is 5.32 Å². The second kappa shape index (κ2) is 7.87. The van der Waals surface area contributed by atoms with Crippen molar-refractivity contribution in [1.82, 2.24) is 5.32 Å². The number of fused-ring (bicyclic) bond motifs is 3. The topological polar surface area (TPSA) is 84.3 Å². The van der Waals surface area contributed by atoms with Gasteiger partial charge in [-0.05, 0) is 59.9 Å². The molecule has 6 nitrogen and oxygen atoms in total. The van der Waals surface area contributed by atoms with Crippen molar-refractivity contribution in [3.05, 3.63) is 62.0 Å². The van der Waals surface area contributed by atoms with Gasteiger partial charge in [0, 0.05) is 17.0 Å². The lowest BCUT2D eigenvalue weighted by atomic mass is 9.69. The Labute approximate surface area is 180 Å². The minimum absolute atomic E-state index is 0.0206. The minimum atomic E-state index is -0.414. The number of carbonyl (C=O) groups excluding carboxylic acids is 1. The standard InChI is InChI=1S/C23H27N3O3S/c1-4-23(2,3)15-8-11-17-18(13-15)30-22-20(17)21(27)24-19(25-22)12-7-14-5-9-16(10-6-14)26(28)29/h5-7,9-10,12,15,19,25H,4,8,11,13H2,1-3H3,(H,24,27). The average molecular weight is 426 g/mol. The van der Waals surface area contributed by atoms with Crippen molar-refractivity contribution in [2.45, 2.75) is 52.6 Å². The Morgan fingerprint density at radius 1 is 1.27 bits per heavy atom. The molecule has 1 aromatic heterocycles. The normalized spacial score (nSPS) is 21.0. The van der Waals surface area contributed by atoms with Crippen LogP contribution in [0.1, 0.15) is 60.0 Å². The van der Waals surface area contributed by atoms with Crippen LogP contribution in [0.25, 0.3) is 6.08 Å². The van der Waals surface area contributed by atoms with E-state index in [2.05, 4.69) is 31.4 Å². The molecule has 0 saturated heterocycles. The van der Waals surface area contributed by atoms with Gasteiger partial charge in [-0.2, -0.15) is 0 Å². The number of nitro groups is 1. The van der Waals surface area contributed by atoms with E-state index in [1.807, 2.05) is 12.2 Å². The van der Waals surface area contributed by atoms with Gasteiger partial charge in [0.15, 0.2) is 0 Å². The largest absolute Gasteiger partial charge is 0.353 e. The molecule has 7 heteroatoms. The number of nitrogens with one attached hydrogen (secondary N) is 2. The van der Waals surface area contributed by atoms with Gasteiger partial charge in [0.1, 0.15) is 11.2 Å². The van der Waals surface area contributed by atoms with Crippen molar-refractivity contribution >= 4 is 34.0 Å². The molecular weight excluding hydrogens is 398 g/mol. The Morgan fingerprint density at radius 3 is 2.67 bits per heavy atom. The van der Waals surface area contributed by atoms with Gasteiger partial charge in [-0.15, -0.1) is 11.3 Å². The first kappa shape index (κ1) is 20.6. The molecule has 1 aliphatic carbocycles. The van der Waals surface area contributed by atoms with Crippen LogP contribution in [0, 0.1) is 21.4 Å². The van der Waals surface area contributed by atoms with Crippen LogP contribution in [0.3, 0.4) is 0 Å². The molecule has 0 bridgehead atoms. The van der Waals surface area contributed by atoms with Crippen molar-refractivity contribution in [3.63, 3.8) is 0 Å². The molecule has 2 aromatic rings. The summed E-state index contributed by atoms with van der Waals surface area (Å²) in [6, 6.07) is 6.35. The van der Waals surface area contributed by atoms with Gasteiger partial charge in [0.25, 0.3) is 11.6 Å². The number of nitrogens with zero attached hydrogens (tertiary/aromatic N) is 1. The van der Waals surface area contributed by atoms with Gasteiger partial charge in [-0.25, -0.2) is 0 Å². The number of nitro benzene ring substituents is 1. The van der Waals surface area contributed by atoms with Crippen LogP contribution in [0.2, 0.25) is 0 Å². The maximum Gasteiger partial charge on any atom is 0.269 e. The Kier molecular flexibility index (Phi) is 5.40. The summed E-state index contributed by atoms with van der Waals surface area (Å²) < 4.78 is 0. The van der Waals surface area contributed by atoms with Gasteiger partial charge in [-0.1, -0.05) is 33.3 Å². The van der Waals surface area contributed by atoms with Gasteiger partial charge in [0.2, 0.25) is 0 Å². The summed E-state index contributed by atoms with van der Waals surface area (Å²) in [4.78, 5) is 24.6. The summed E-state index contributed by atoms with van der Waals surface area (Å²) in [5, 5.41) is 18.2. The molecule has 0 fully saturated rings. The highest BCUT2D eigenvalue weighted by molar-refractivity contribution is 7.16. The first-order chi connectivity index (χ1) is 14.3. The quantitative estimate of drug-likeness (QED) is 0.497. The van der Waals surface area contributed by atoms with E-state index in [1.165, 1.54) is 22.6 Å². The zero-order valence-electron chi connectivity index (χ0n) is 17.5. The van der Waals surface area contributed by atoms with E-state index in [-0.39, 0.29) is 17.8 Å². The predicted octanol–water partition coefficient (Wildman–Crippen LogP) is 5.39. The van der Waals surface area contributed by atoms with E-state index < -0.39 is 4.92 Å². The van der Waals surface area contributed by atoms with Gasteiger partial charge >= 0.3 is 0 Å². The molecule has 0 radical (unpaired) electrons. The smallest absolute Gasteiger partial charge is 0.269 e. The lowest BCUT2D eigenvalue weighted by molar-refractivity contribution is -0.384. The summed E-state index contributed by atoms with van der Waals surface area (Å²) in [6.07, 6.45) is 7.74. The molecular formula is C23H27N3O3S. The van der Waals surface area contributed by atoms with E-state index in [0.717, 1.165) is 41.8 Å². The Morgan fingerprint density at radius 2 is 2.00 bits per heavy atom. The predicted molar refractivity (Wildman–Crippen MR) is 121 cm³/mol. The molecule has 4 rings (SSSR count). The van der Waals surface area contributed by atoms with Gasteiger partial charge < -0.3 is 10.6 Å². The SMILES string of the molecule is CCC(C)(C)C1CCc2c(sc3c2C(=O)NC(C=Cc2ccc([N+](=O)[O-])cc2)N3)C1. The number of non-ortho nitro benzene ring substituents is 1. The number of hydrogen-bond acceptors (Lipinski definition) is 5. The molecule has 2 heterocycles. The Balaban J connectivity index is 1.51. The minimum Gasteiger partial charge on any atom is -0.353 e. The summed E-state index contributed by atoms with van der Waals surface area (Å²) in [6.45, 7) is 6.95. The second-order valence-corrected chi connectivity index (χ2v) is 9.90. The van der Waals surface area contributed by atoms with Crippen molar-refractivity contribution in [3.8, 4) is 0 Å². The lowest BCUT2D eigenvalue weighted by Gasteiger charge is -2.36. The van der Waals surface area contributed by atoms with Gasteiger partial charge in [-0.3, -0.25) is 14.9 Å². The second-order valence-electron chi connectivity index (χ2n) is 8.79. The van der Waals surface area contributed by atoms with E-state index in [4.69, 9.17) is 0 Å². The number of benzene rings is 1. The molecule has 158 valence electrons. The van der Waals surface area contributed by atoms with E-state index >= 15 is 0 Å². The third-order valence-electron chi connectivity index (χ3n) is 6.67. The zero-order valence-corrected chi connectivity index (χ0v) is 18.3. The van der Waals surface area contributed by atoms with Crippen molar-refractivity contribution in [1.29, 1.82) is 0 Å². The molecule has 30 heavy (non-hydrogen) atoms. The highest BCUT2D eigenvalue weighted by atomic mass is 32.1. The first-order valence-electron chi connectivity index (χ1n) is 10.4. The molecule has 1 aliphatic heterocycles. The molecule has 2 unspecified atom stereocenters. The molecule has 2 aliphatic rings. The molecule has 0 spiro atoms. The third-order valence-corrected chi connectivity index (χ3v) is 7.85. The number of anilines is 1. The Hall–Kier alpha value is -2.67. The number of carbonyl (C=O) groups is 1. The first-order valence-corrected chi connectivity index (χ1v) is 11.2. The van der Waals surface area contributed by atoms with Crippen LogP contribution in [0.4, 0.5) is 10.7 Å². The fourth-order valence-corrected chi connectivity index (χ4v) is 5.65. The summed E-state index contributed by atoms with van der Waals surface area (Å²) in [5.74, 6) is 0.629. The molecule has 1 amide bonds. The van der Waals surface area contributed by atoms with E-state index in [1.54, 1.807) is 23.5 Å². The molecule has 2 atom stereocenters. The number of hydrogen-bond donors (Lipinski definition) is 2. The monoisotopic (exact) mass is 425 g/mol. The van der Waals surface area contributed by atoms with Crippen LogP contribution < -0.4 is 10.6 Å². The summed E-state index contributed by atoms with van der Waals surface area (Å²) in [5.41, 5.74) is 3.27. The Bertz CT molecular complexity index is 1010. The van der Waals surface area contributed by atoms with Crippen LogP contribution >= 0.6 is 11.3 Å². The maximum atomic E-state index is 12.8. The highest BCUT2D eigenvalue weighted by Crippen LogP contribution is 2.46.